The van der Waals surface area contributed by atoms with Gasteiger partial charge in [0.1, 0.15) is 5.82 Å². The SMILES string of the molecule is C[C@@H]1SC2=NNC(c3ccc(F)cc3)=CN2C1=O. The van der Waals surface area contributed by atoms with Crippen LogP contribution in [0.5, 0.6) is 0 Å². The summed E-state index contributed by atoms with van der Waals surface area (Å²) in [5.41, 5.74) is 4.35. The molecule has 0 unspecified atom stereocenters. The Morgan fingerprint density at radius 2 is 2.11 bits per heavy atom. The van der Waals surface area contributed by atoms with Crippen LogP contribution in [0.2, 0.25) is 0 Å². The quantitative estimate of drug-likeness (QED) is 0.842. The number of nitrogens with zero attached hydrogens (tertiary/aromatic N) is 2. The Hall–Kier alpha value is -1.82. The van der Waals surface area contributed by atoms with Crippen LogP contribution in [-0.4, -0.2) is 21.2 Å². The lowest BCUT2D eigenvalue weighted by Crippen LogP contribution is -2.31. The Kier molecular flexibility index (Phi) is 2.59. The standard InChI is InChI=1S/C12H10FN3OS/c1-7-11(17)16-6-10(14-15-12(16)18-7)8-2-4-9(13)5-3-8/h2-7,14H,1H3/t7-/m0/s1. The third kappa shape index (κ3) is 1.78. The second kappa shape index (κ2) is 4.13. The molecule has 4 nitrogen and oxygen atoms in total. The molecule has 0 aliphatic carbocycles. The Morgan fingerprint density at radius 1 is 1.39 bits per heavy atom. The van der Waals surface area contributed by atoms with Crippen molar-refractivity contribution in [2.24, 2.45) is 5.10 Å². The molecule has 1 amide bonds. The van der Waals surface area contributed by atoms with Crippen molar-refractivity contribution in [1.82, 2.24) is 10.3 Å². The van der Waals surface area contributed by atoms with Gasteiger partial charge in [0, 0.05) is 11.8 Å². The van der Waals surface area contributed by atoms with Crippen LogP contribution in [0.3, 0.4) is 0 Å². The Bertz CT molecular complexity index is 567. The highest BCUT2D eigenvalue weighted by Gasteiger charge is 2.36. The molecule has 0 bridgehead atoms. The van der Waals surface area contributed by atoms with Crippen LogP contribution in [0.25, 0.3) is 5.70 Å². The molecule has 1 aromatic carbocycles. The number of carbonyl (C=O) groups excluding carboxylic acids is 1. The molecule has 1 N–H and O–H groups in total. The summed E-state index contributed by atoms with van der Waals surface area (Å²) in [6.45, 7) is 1.85. The number of carbonyl (C=O) groups is 1. The molecule has 18 heavy (non-hydrogen) atoms. The molecule has 0 saturated carbocycles. The van der Waals surface area contributed by atoms with E-state index in [9.17, 15) is 9.18 Å². The summed E-state index contributed by atoms with van der Waals surface area (Å²) >= 11 is 1.42. The van der Waals surface area contributed by atoms with Gasteiger partial charge < -0.3 is 0 Å². The van der Waals surface area contributed by atoms with E-state index < -0.39 is 0 Å². The Balaban J connectivity index is 1.93. The van der Waals surface area contributed by atoms with Crippen LogP contribution in [-0.2, 0) is 4.79 Å². The molecule has 1 fully saturated rings. The summed E-state index contributed by atoms with van der Waals surface area (Å²) in [5, 5.41) is 4.68. The van der Waals surface area contributed by atoms with Crippen molar-refractivity contribution < 1.29 is 9.18 Å². The molecule has 1 aromatic rings. The minimum Gasteiger partial charge on any atom is -0.274 e. The van der Waals surface area contributed by atoms with Gasteiger partial charge in [-0.1, -0.05) is 11.8 Å². The van der Waals surface area contributed by atoms with E-state index in [0.29, 0.717) is 10.9 Å². The van der Waals surface area contributed by atoms with E-state index >= 15 is 0 Å². The minimum absolute atomic E-state index is 0.0138. The first-order valence-corrected chi connectivity index (χ1v) is 6.34. The molecule has 2 aliphatic rings. The minimum atomic E-state index is -0.291. The summed E-state index contributed by atoms with van der Waals surface area (Å²) in [6.07, 6.45) is 1.70. The predicted molar refractivity (Wildman–Crippen MR) is 68.8 cm³/mol. The molecule has 92 valence electrons. The molecule has 0 radical (unpaired) electrons. The number of amides is 1. The van der Waals surface area contributed by atoms with Gasteiger partial charge in [-0.15, -0.1) is 5.10 Å². The lowest BCUT2D eigenvalue weighted by Gasteiger charge is -2.19. The lowest BCUT2D eigenvalue weighted by molar-refractivity contribution is -0.124. The molecule has 2 heterocycles. The van der Waals surface area contributed by atoms with Crippen LogP contribution < -0.4 is 5.43 Å². The summed E-state index contributed by atoms with van der Waals surface area (Å²) < 4.78 is 12.8. The van der Waals surface area contributed by atoms with Gasteiger partial charge in [-0.2, -0.15) is 0 Å². The molecule has 2 aliphatic heterocycles. The molecular formula is C12H10FN3OS. The van der Waals surface area contributed by atoms with E-state index in [1.807, 2.05) is 6.92 Å². The predicted octanol–water partition coefficient (Wildman–Crippen LogP) is 1.96. The third-order valence-corrected chi connectivity index (χ3v) is 3.81. The number of benzene rings is 1. The number of amidine groups is 1. The zero-order valence-electron chi connectivity index (χ0n) is 9.55. The maximum atomic E-state index is 12.8. The average Bonchev–Trinajstić information content (AvgIpc) is 2.66. The van der Waals surface area contributed by atoms with Crippen molar-refractivity contribution in [2.75, 3.05) is 0 Å². The smallest absolute Gasteiger partial charge is 0.246 e. The number of nitrogens with one attached hydrogen (secondary N) is 1. The molecular weight excluding hydrogens is 253 g/mol. The van der Waals surface area contributed by atoms with Crippen molar-refractivity contribution in [1.29, 1.82) is 0 Å². The fourth-order valence-corrected chi connectivity index (χ4v) is 2.67. The van der Waals surface area contributed by atoms with E-state index in [2.05, 4.69) is 10.5 Å². The van der Waals surface area contributed by atoms with Gasteiger partial charge in [0.05, 0.1) is 10.9 Å². The van der Waals surface area contributed by atoms with Crippen LogP contribution in [0.4, 0.5) is 4.39 Å². The fraction of sp³-hybridized carbons (Fsp3) is 0.167. The van der Waals surface area contributed by atoms with E-state index in [0.717, 1.165) is 5.56 Å². The van der Waals surface area contributed by atoms with Crippen LogP contribution >= 0.6 is 11.8 Å². The normalized spacial score (nSPS) is 22.2. The van der Waals surface area contributed by atoms with E-state index in [1.165, 1.54) is 28.8 Å². The highest BCUT2D eigenvalue weighted by molar-refractivity contribution is 8.15. The molecule has 3 rings (SSSR count). The Morgan fingerprint density at radius 3 is 2.83 bits per heavy atom. The largest absolute Gasteiger partial charge is 0.274 e. The number of rotatable bonds is 1. The van der Waals surface area contributed by atoms with Crippen molar-refractivity contribution in [2.45, 2.75) is 12.2 Å². The van der Waals surface area contributed by atoms with E-state index in [-0.39, 0.29) is 17.0 Å². The number of hydrazone groups is 1. The van der Waals surface area contributed by atoms with E-state index in [1.54, 1.807) is 18.3 Å². The number of halogens is 1. The van der Waals surface area contributed by atoms with Gasteiger partial charge in [0.2, 0.25) is 5.91 Å². The highest BCUT2D eigenvalue weighted by atomic mass is 32.2. The van der Waals surface area contributed by atoms with Gasteiger partial charge in [0.25, 0.3) is 0 Å². The number of hydrogen-bond acceptors (Lipinski definition) is 4. The first kappa shape index (κ1) is 11.3. The summed E-state index contributed by atoms with van der Waals surface area (Å²) in [7, 11) is 0. The molecule has 6 heteroatoms. The summed E-state index contributed by atoms with van der Waals surface area (Å²) in [6, 6.07) is 6.04. The first-order chi connectivity index (χ1) is 8.65. The van der Waals surface area contributed by atoms with Crippen molar-refractivity contribution in [3.05, 3.63) is 41.8 Å². The van der Waals surface area contributed by atoms with Crippen molar-refractivity contribution in [3.8, 4) is 0 Å². The van der Waals surface area contributed by atoms with Gasteiger partial charge >= 0.3 is 0 Å². The topological polar surface area (TPSA) is 44.7 Å². The first-order valence-electron chi connectivity index (χ1n) is 5.46. The van der Waals surface area contributed by atoms with Gasteiger partial charge in [-0.25, -0.2) is 4.39 Å². The van der Waals surface area contributed by atoms with Gasteiger partial charge in [0.15, 0.2) is 5.17 Å². The van der Waals surface area contributed by atoms with Crippen molar-refractivity contribution >= 4 is 28.5 Å². The molecule has 0 spiro atoms. The third-order valence-electron chi connectivity index (χ3n) is 2.76. The van der Waals surface area contributed by atoms with E-state index in [4.69, 9.17) is 0 Å². The summed E-state index contributed by atoms with van der Waals surface area (Å²) in [4.78, 5) is 13.4. The lowest BCUT2D eigenvalue weighted by atomic mass is 10.1. The summed E-state index contributed by atoms with van der Waals surface area (Å²) in [5.74, 6) is -0.277. The van der Waals surface area contributed by atoms with Gasteiger partial charge in [-0.3, -0.25) is 15.1 Å². The number of fused-ring (bicyclic) bond motifs is 1. The second-order valence-electron chi connectivity index (χ2n) is 4.02. The fourth-order valence-electron chi connectivity index (χ4n) is 1.79. The van der Waals surface area contributed by atoms with Crippen LogP contribution in [0.15, 0.2) is 35.6 Å². The maximum Gasteiger partial charge on any atom is 0.246 e. The molecule has 1 saturated heterocycles. The highest BCUT2D eigenvalue weighted by Crippen LogP contribution is 2.30. The molecule has 0 aromatic heterocycles. The monoisotopic (exact) mass is 263 g/mol. The average molecular weight is 263 g/mol. The maximum absolute atomic E-state index is 12.8. The van der Waals surface area contributed by atoms with Gasteiger partial charge in [-0.05, 0) is 31.2 Å². The Labute approximate surface area is 108 Å². The van der Waals surface area contributed by atoms with Crippen LogP contribution in [0.1, 0.15) is 12.5 Å². The van der Waals surface area contributed by atoms with Crippen LogP contribution in [0, 0.1) is 5.82 Å². The number of hydrogen-bond donors (Lipinski definition) is 1. The molecule has 1 atom stereocenters. The zero-order chi connectivity index (χ0) is 12.7. The zero-order valence-corrected chi connectivity index (χ0v) is 10.4. The van der Waals surface area contributed by atoms with Crippen molar-refractivity contribution in [3.63, 3.8) is 0 Å². The number of thioether (sulfide) groups is 1. The second-order valence-corrected chi connectivity index (χ2v) is 5.33.